The number of halogens is 3. The van der Waals surface area contributed by atoms with Crippen LogP contribution in [0, 0.1) is 0 Å². The van der Waals surface area contributed by atoms with E-state index in [1.165, 1.54) is 17.8 Å². The van der Waals surface area contributed by atoms with Crippen molar-refractivity contribution in [2.75, 3.05) is 11.6 Å². The first-order valence-electron chi connectivity index (χ1n) is 8.32. The van der Waals surface area contributed by atoms with Crippen LogP contribution in [-0.4, -0.2) is 17.4 Å². The molecule has 0 saturated carbocycles. The average molecular weight is 398 g/mol. The maximum absolute atomic E-state index is 13.1. The van der Waals surface area contributed by atoms with E-state index >= 15 is 0 Å². The van der Waals surface area contributed by atoms with E-state index in [-0.39, 0.29) is 0 Å². The summed E-state index contributed by atoms with van der Waals surface area (Å²) in [6.45, 7) is 1.90. The third-order valence-corrected chi connectivity index (χ3v) is 4.90. The molecule has 0 aliphatic heterocycles. The lowest BCUT2D eigenvalue weighted by molar-refractivity contribution is -0.137. The van der Waals surface area contributed by atoms with E-state index in [4.69, 9.17) is 5.73 Å². The van der Waals surface area contributed by atoms with Crippen molar-refractivity contribution < 1.29 is 23.1 Å². The molecule has 2 aromatic rings. The van der Waals surface area contributed by atoms with Gasteiger partial charge in [-0.25, -0.2) is 4.79 Å². The Morgan fingerprint density at radius 1 is 1.30 bits per heavy atom. The molecule has 0 spiro atoms. The first kappa shape index (κ1) is 21.1. The summed E-state index contributed by atoms with van der Waals surface area (Å²) in [4.78, 5) is 11.9. The largest absolute Gasteiger partial charge is 0.416 e. The summed E-state index contributed by atoms with van der Waals surface area (Å²) < 4.78 is 39.2. The predicted octanol–water partition coefficient (Wildman–Crippen LogP) is 5.42. The Labute approximate surface area is 160 Å². The zero-order valence-corrected chi connectivity index (χ0v) is 15.7. The second-order valence-electron chi connectivity index (χ2n) is 5.98. The highest BCUT2D eigenvalue weighted by Crippen LogP contribution is 2.42. The van der Waals surface area contributed by atoms with Crippen LogP contribution in [0.5, 0.6) is 0 Å². The van der Waals surface area contributed by atoms with Crippen LogP contribution < -0.4 is 11.1 Å². The zero-order chi connectivity index (χ0) is 20.2. The summed E-state index contributed by atoms with van der Waals surface area (Å²) in [5.41, 5.74) is 6.20. The molecule has 2 amide bonds. The third kappa shape index (κ3) is 4.95. The van der Waals surface area contributed by atoms with Gasteiger partial charge in [-0.15, -0.1) is 11.8 Å². The molecule has 0 aliphatic carbocycles. The molecule has 8 heteroatoms. The minimum Gasteiger partial charge on any atom is -0.388 e. The van der Waals surface area contributed by atoms with Crippen LogP contribution in [-0.2, 0) is 6.18 Å². The number of nitrogens with two attached hydrogens (primary N) is 1. The Bertz CT molecular complexity index is 825. The summed E-state index contributed by atoms with van der Waals surface area (Å²) in [6, 6.07) is 7.41. The molecule has 0 saturated heterocycles. The number of anilines is 1. The molecule has 0 radical (unpaired) electrons. The average Bonchev–Trinajstić information content (AvgIpc) is 2.60. The minimum atomic E-state index is -4.45. The highest BCUT2D eigenvalue weighted by Gasteiger charge is 2.31. The number of urea groups is 1. The van der Waals surface area contributed by atoms with Crippen molar-refractivity contribution in [3.63, 3.8) is 0 Å². The first-order chi connectivity index (χ1) is 12.7. The second kappa shape index (κ2) is 8.67. The summed E-state index contributed by atoms with van der Waals surface area (Å²) in [5.74, 6) is 0. The molecular formula is C19H21F3N2O2S. The van der Waals surface area contributed by atoms with E-state index in [9.17, 15) is 23.1 Å². The first-order valence-corrected chi connectivity index (χ1v) is 9.54. The number of primary amides is 1. The number of amides is 2. The van der Waals surface area contributed by atoms with Crippen molar-refractivity contribution in [1.82, 2.24) is 0 Å². The molecule has 4 nitrogen and oxygen atoms in total. The fraction of sp³-hybridized carbons (Fsp3) is 0.316. The summed E-state index contributed by atoms with van der Waals surface area (Å²) >= 11 is 1.29. The van der Waals surface area contributed by atoms with E-state index in [2.05, 4.69) is 5.32 Å². The molecule has 146 valence electrons. The van der Waals surface area contributed by atoms with Crippen molar-refractivity contribution in [2.45, 2.75) is 36.9 Å². The molecule has 1 atom stereocenters. The number of rotatable bonds is 6. The molecule has 2 aromatic carbocycles. The number of benzene rings is 2. The second-order valence-corrected chi connectivity index (χ2v) is 6.80. The molecule has 2 rings (SSSR count). The van der Waals surface area contributed by atoms with Gasteiger partial charge in [0.1, 0.15) is 0 Å². The van der Waals surface area contributed by atoms with Crippen molar-refractivity contribution >= 4 is 23.5 Å². The Kier molecular flexibility index (Phi) is 6.78. The maximum atomic E-state index is 13.1. The lowest BCUT2D eigenvalue weighted by Gasteiger charge is -2.22. The standard InChI is InChI=1S/C19H21F3N2O2S/c1-3-5-15(25)16-14(24-18(23)26)9-8-13(17(16)27-2)11-6-4-7-12(10-11)19(20,21)22/h4,6-10,15,25H,3,5H2,1-2H3,(H3,23,24,26). The van der Waals surface area contributed by atoms with Gasteiger partial charge in [0.15, 0.2) is 0 Å². The zero-order valence-electron chi connectivity index (χ0n) is 14.9. The van der Waals surface area contributed by atoms with Crippen molar-refractivity contribution in [3.8, 4) is 11.1 Å². The van der Waals surface area contributed by atoms with Crippen LogP contribution in [0.2, 0.25) is 0 Å². The number of hydrogen-bond acceptors (Lipinski definition) is 3. The Balaban J connectivity index is 2.68. The van der Waals surface area contributed by atoms with Crippen molar-refractivity contribution in [1.29, 1.82) is 0 Å². The van der Waals surface area contributed by atoms with Crippen molar-refractivity contribution in [2.24, 2.45) is 5.73 Å². The number of thioether (sulfide) groups is 1. The van der Waals surface area contributed by atoms with Gasteiger partial charge in [0.05, 0.1) is 11.7 Å². The quantitative estimate of drug-likeness (QED) is 0.569. The number of carbonyl (C=O) groups excluding carboxylic acids is 1. The minimum absolute atomic E-state index is 0.350. The molecular weight excluding hydrogens is 377 g/mol. The van der Waals surface area contributed by atoms with Crippen LogP contribution in [0.4, 0.5) is 23.7 Å². The van der Waals surface area contributed by atoms with E-state index in [1.54, 1.807) is 24.5 Å². The van der Waals surface area contributed by atoms with Crippen LogP contribution >= 0.6 is 11.8 Å². The molecule has 1 unspecified atom stereocenters. The van der Waals surface area contributed by atoms with Crippen LogP contribution in [0.1, 0.15) is 37.0 Å². The summed E-state index contributed by atoms with van der Waals surface area (Å²) in [5, 5.41) is 13.1. The van der Waals surface area contributed by atoms with Gasteiger partial charge < -0.3 is 16.2 Å². The maximum Gasteiger partial charge on any atom is 0.416 e. The molecule has 4 N–H and O–H groups in total. The predicted molar refractivity (Wildman–Crippen MR) is 102 cm³/mol. The Hall–Kier alpha value is -2.19. The van der Waals surface area contributed by atoms with Gasteiger partial charge in [0.2, 0.25) is 0 Å². The van der Waals surface area contributed by atoms with Crippen LogP contribution in [0.15, 0.2) is 41.3 Å². The fourth-order valence-electron chi connectivity index (χ4n) is 2.90. The van der Waals surface area contributed by atoms with Crippen molar-refractivity contribution in [3.05, 3.63) is 47.5 Å². The molecule has 0 bridgehead atoms. The van der Waals surface area contributed by atoms with E-state index in [1.807, 2.05) is 6.92 Å². The number of hydrogen-bond donors (Lipinski definition) is 3. The summed E-state index contributed by atoms with van der Waals surface area (Å²) in [7, 11) is 0. The number of nitrogens with one attached hydrogen (secondary N) is 1. The topological polar surface area (TPSA) is 75.3 Å². The van der Waals surface area contributed by atoms with Gasteiger partial charge in [0, 0.05) is 16.1 Å². The number of aliphatic hydroxyl groups is 1. The number of alkyl halides is 3. The Morgan fingerprint density at radius 3 is 2.56 bits per heavy atom. The van der Waals surface area contributed by atoms with E-state index in [0.29, 0.717) is 40.1 Å². The lowest BCUT2D eigenvalue weighted by atomic mass is 9.95. The smallest absolute Gasteiger partial charge is 0.388 e. The van der Waals surface area contributed by atoms with Gasteiger partial charge >= 0.3 is 12.2 Å². The van der Waals surface area contributed by atoms with Crippen LogP contribution in [0.25, 0.3) is 11.1 Å². The SMILES string of the molecule is CCCC(O)c1c(NC(N)=O)ccc(-c2cccc(C(F)(F)F)c2)c1SC. The van der Waals surface area contributed by atoms with Gasteiger partial charge in [-0.05, 0) is 42.0 Å². The molecule has 0 aromatic heterocycles. The number of carbonyl (C=O) groups is 1. The molecule has 27 heavy (non-hydrogen) atoms. The fourth-order valence-corrected chi connectivity index (χ4v) is 3.77. The third-order valence-electron chi connectivity index (χ3n) is 4.05. The highest BCUT2D eigenvalue weighted by molar-refractivity contribution is 7.98. The molecule has 0 aliphatic rings. The van der Waals surface area contributed by atoms with Crippen LogP contribution in [0.3, 0.4) is 0 Å². The van der Waals surface area contributed by atoms with Gasteiger partial charge in [-0.1, -0.05) is 31.5 Å². The van der Waals surface area contributed by atoms with E-state index in [0.717, 1.165) is 12.1 Å². The lowest BCUT2D eigenvalue weighted by Crippen LogP contribution is -2.21. The van der Waals surface area contributed by atoms with E-state index < -0.39 is 23.9 Å². The summed E-state index contributed by atoms with van der Waals surface area (Å²) in [6.07, 6.45) is -2.44. The number of aliphatic hydroxyl groups excluding tert-OH is 1. The van der Waals surface area contributed by atoms with Gasteiger partial charge in [0.25, 0.3) is 0 Å². The normalized spacial score (nSPS) is 12.7. The Morgan fingerprint density at radius 2 is 2.00 bits per heavy atom. The monoisotopic (exact) mass is 398 g/mol. The van der Waals surface area contributed by atoms with Gasteiger partial charge in [-0.3, -0.25) is 0 Å². The molecule has 0 heterocycles. The highest BCUT2D eigenvalue weighted by atomic mass is 32.2. The molecule has 0 fully saturated rings. The van der Waals surface area contributed by atoms with Gasteiger partial charge in [-0.2, -0.15) is 13.2 Å².